The molecule has 0 aromatic heterocycles. The van der Waals surface area contributed by atoms with E-state index in [0.29, 0.717) is 11.0 Å². The number of aromatic carboxylic acids is 1. The van der Waals surface area contributed by atoms with Crippen LogP contribution in [0.2, 0.25) is 0 Å². The van der Waals surface area contributed by atoms with Gasteiger partial charge in [0.1, 0.15) is 16.9 Å². The third kappa shape index (κ3) is 6.01. The van der Waals surface area contributed by atoms with Gasteiger partial charge in [-0.2, -0.15) is 0 Å². The number of hydrogen-bond acceptors (Lipinski definition) is 6. The van der Waals surface area contributed by atoms with Crippen LogP contribution in [0.15, 0.2) is 23.7 Å². The van der Waals surface area contributed by atoms with Crippen molar-refractivity contribution in [2.24, 2.45) is 0 Å². The maximum Gasteiger partial charge on any atom is 0.492 e. The van der Waals surface area contributed by atoms with Crippen LogP contribution in [-0.2, 0) is 14.0 Å². The monoisotopic (exact) mass is 433 g/mol. The van der Waals surface area contributed by atoms with Gasteiger partial charge >= 0.3 is 19.2 Å². The molecule has 8 nitrogen and oxygen atoms in total. The fraction of sp³-hybridized carbons (Fsp3) is 0.545. The van der Waals surface area contributed by atoms with Crippen molar-refractivity contribution in [3.05, 3.63) is 34.8 Å². The van der Waals surface area contributed by atoms with Gasteiger partial charge in [0, 0.05) is 6.54 Å². The highest BCUT2D eigenvalue weighted by atomic mass is 16.7. The number of carboxylic acids is 1. The second-order valence-electron chi connectivity index (χ2n) is 9.39. The fourth-order valence-corrected chi connectivity index (χ4v) is 2.95. The topological polar surface area (TPSA) is 103 Å². The van der Waals surface area contributed by atoms with Crippen LogP contribution in [0.5, 0.6) is 5.75 Å². The Hall–Kier alpha value is -2.52. The normalized spacial score (nSPS) is 17.9. The van der Waals surface area contributed by atoms with Crippen molar-refractivity contribution in [1.82, 2.24) is 5.32 Å². The number of amides is 1. The molecule has 1 aliphatic rings. The minimum absolute atomic E-state index is 0.0104. The van der Waals surface area contributed by atoms with Crippen molar-refractivity contribution >= 4 is 25.3 Å². The van der Waals surface area contributed by atoms with Gasteiger partial charge in [0.05, 0.1) is 18.3 Å². The Bertz CT molecular complexity index is 855. The highest BCUT2D eigenvalue weighted by molar-refractivity contribution is 6.56. The van der Waals surface area contributed by atoms with E-state index in [9.17, 15) is 14.7 Å². The summed E-state index contributed by atoms with van der Waals surface area (Å²) in [7, 11) is 0.627. The minimum Gasteiger partial charge on any atom is -0.496 e. The van der Waals surface area contributed by atoms with Gasteiger partial charge in [-0.25, -0.2) is 9.59 Å². The van der Waals surface area contributed by atoms with E-state index in [0.717, 1.165) is 0 Å². The van der Waals surface area contributed by atoms with Crippen molar-refractivity contribution in [1.29, 1.82) is 0 Å². The summed E-state index contributed by atoms with van der Waals surface area (Å²) in [6.45, 7) is 13.0. The van der Waals surface area contributed by atoms with Crippen LogP contribution in [0.4, 0.5) is 4.79 Å². The van der Waals surface area contributed by atoms with Crippen LogP contribution in [0.3, 0.4) is 0 Å². The summed E-state index contributed by atoms with van der Waals surface area (Å²) in [6, 6.07) is 4.93. The number of benzene rings is 1. The Morgan fingerprint density at radius 3 is 2.23 bits per heavy atom. The number of nitrogens with one attached hydrogen (secondary N) is 1. The smallest absolute Gasteiger partial charge is 0.492 e. The molecule has 2 N–H and O–H groups in total. The number of hydrogen-bond donors (Lipinski definition) is 2. The van der Waals surface area contributed by atoms with Crippen LogP contribution >= 0.6 is 0 Å². The van der Waals surface area contributed by atoms with Crippen molar-refractivity contribution in [2.75, 3.05) is 13.7 Å². The lowest BCUT2D eigenvalue weighted by Gasteiger charge is -2.32. The second kappa shape index (κ2) is 8.92. The highest BCUT2D eigenvalue weighted by Gasteiger charge is 2.52. The number of carboxylic acid groups (broad SMARTS) is 1. The third-order valence-electron chi connectivity index (χ3n) is 5.22. The maximum atomic E-state index is 12.2. The Morgan fingerprint density at radius 1 is 1.16 bits per heavy atom. The summed E-state index contributed by atoms with van der Waals surface area (Å²) in [6.07, 6.45) is 1.05. The Labute approximate surface area is 184 Å². The van der Waals surface area contributed by atoms with E-state index in [1.165, 1.54) is 7.11 Å². The summed E-state index contributed by atoms with van der Waals surface area (Å²) in [5, 5.41) is 12.4. The van der Waals surface area contributed by atoms with Crippen LogP contribution in [0.25, 0.3) is 6.08 Å². The van der Waals surface area contributed by atoms with Crippen LogP contribution in [0, 0.1) is 0 Å². The molecule has 0 atom stereocenters. The van der Waals surface area contributed by atoms with Gasteiger partial charge in [0.15, 0.2) is 0 Å². The number of rotatable bonds is 6. The first-order valence-electron chi connectivity index (χ1n) is 10.1. The first kappa shape index (κ1) is 24.8. The molecule has 1 aromatic carbocycles. The predicted molar refractivity (Wildman–Crippen MR) is 118 cm³/mol. The number of carbonyl (C=O) groups excluding carboxylic acids is 1. The Morgan fingerprint density at radius 2 is 1.74 bits per heavy atom. The Balaban J connectivity index is 2.44. The molecule has 0 aliphatic carbocycles. The number of ether oxygens (including phenoxy) is 2. The van der Waals surface area contributed by atoms with Crippen LogP contribution < -0.4 is 10.1 Å². The number of alkyl carbamates (subject to hydrolysis) is 1. The molecule has 1 aliphatic heterocycles. The first-order valence-corrected chi connectivity index (χ1v) is 10.1. The lowest BCUT2D eigenvalue weighted by atomic mass is 9.76. The van der Waals surface area contributed by atoms with E-state index in [1.807, 2.05) is 27.7 Å². The SMILES string of the molecule is COc1cccc(C=C(CNC(=O)OC(C)(C)C)B2OC(C)(C)C(C)(C)O2)c1C(=O)O. The minimum atomic E-state index is -1.13. The molecule has 31 heavy (non-hydrogen) atoms. The van der Waals surface area contributed by atoms with E-state index < -0.39 is 36.0 Å². The highest BCUT2D eigenvalue weighted by Crippen LogP contribution is 2.39. The van der Waals surface area contributed by atoms with E-state index >= 15 is 0 Å². The second-order valence-corrected chi connectivity index (χ2v) is 9.39. The predicted octanol–water partition coefficient (Wildman–Crippen LogP) is 3.93. The summed E-state index contributed by atoms with van der Waals surface area (Å²) in [5.41, 5.74) is -0.903. The Kier molecular flexibility index (Phi) is 7.12. The first-order chi connectivity index (χ1) is 14.2. The lowest BCUT2D eigenvalue weighted by molar-refractivity contribution is 0.00578. The molecule has 170 valence electrons. The third-order valence-corrected chi connectivity index (χ3v) is 5.22. The van der Waals surface area contributed by atoms with Gasteiger partial charge in [-0.05, 0) is 65.6 Å². The van der Waals surface area contributed by atoms with Crippen molar-refractivity contribution in [3.8, 4) is 5.75 Å². The molecule has 1 amide bonds. The molecule has 0 bridgehead atoms. The largest absolute Gasteiger partial charge is 0.496 e. The van der Waals surface area contributed by atoms with E-state index in [1.54, 1.807) is 45.0 Å². The molecule has 0 spiro atoms. The zero-order valence-corrected chi connectivity index (χ0v) is 19.5. The number of methoxy groups -OCH3 is 1. The van der Waals surface area contributed by atoms with Gasteiger partial charge < -0.3 is 29.2 Å². The molecule has 0 radical (unpaired) electrons. The van der Waals surface area contributed by atoms with Gasteiger partial charge in [-0.1, -0.05) is 18.2 Å². The average Bonchev–Trinajstić information content (AvgIpc) is 2.83. The summed E-state index contributed by atoms with van der Waals surface area (Å²) >= 11 is 0. The molecule has 1 saturated heterocycles. The molecule has 2 rings (SSSR count). The zero-order chi connectivity index (χ0) is 23.6. The molecular formula is C22H32BNO7. The summed E-state index contributed by atoms with van der Waals surface area (Å²) < 4.78 is 22.8. The van der Waals surface area contributed by atoms with Gasteiger partial charge in [-0.3, -0.25) is 0 Å². The molecule has 9 heteroatoms. The van der Waals surface area contributed by atoms with Crippen LogP contribution in [-0.4, -0.2) is 54.7 Å². The zero-order valence-electron chi connectivity index (χ0n) is 19.5. The van der Waals surface area contributed by atoms with E-state index in [4.69, 9.17) is 18.8 Å². The van der Waals surface area contributed by atoms with E-state index in [-0.39, 0.29) is 17.9 Å². The number of carbonyl (C=O) groups is 2. The molecular weight excluding hydrogens is 401 g/mol. The van der Waals surface area contributed by atoms with Crippen molar-refractivity contribution < 1.29 is 33.5 Å². The van der Waals surface area contributed by atoms with Gasteiger partial charge in [0.25, 0.3) is 0 Å². The molecule has 0 unspecified atom stereocenters. The van der Waals surface area contributed by atoms with E-state index in [2.05, 4.69) is 5.32 Å². The quantitative estimate of drug-likeness (QED) is 0.655. The summed E-state index contributed by atoms with van der Waals surface area (Å²) in [4.78, 5) is 24.1. The van der Waals surface area contributed by atoms with Gasteiger partial charge in [-0.15, -0.1) is 0 Å². The fourth-order valence-electron chi connectivity index (χ4n) is 2.95. The lowest BCUT2D eigenvalue weighted by Crippen LogP contribution is -2.41. The van der Waals surface area contributed by atoms with Crippen LogP contribution in [0.1, 0.15) is 64.4 Å². The maximum absolute atomic E-state index is 12.2. The molecule has 0 saturated carbocycles. The van der Waals surface area contributed by atoms with Gasteiger partial charge in [0.2, 0.25) is 0 Å². The summed E-state index contributed by atoms with van der Waals surface area (Å²) in [5.74, 6) is -0.897. The molecule has 1 heterocycles. The average molecular weight is 433 g/mol. The molecule has 1 aromatic rings. The standard InChI is InChI=1S/C22H32BNO7/c1-20(2,3)29-19(27)24-13-15(23-30-21(4,5)22(6,7)31-23)12-14-10-9-11-16(28-8)17(14)18(25)26/h9-12H,13H2,1-8H3,(H,24,27)(H,25,26). The van der Waals surface area contributed by atoms with Crippen molar-refractivity contribution in [2.45, 2.75) is 65.3 Å². The van der Waals surface area contributed by atoms with Crippen molar-refractivity contribution in [3.63, 3.8) is 0 Å². The molecule has 1 fully saturated rings.